The summed E-state index contributed by atoms with van der Waals surface area (Å²) in [5.74, 6) is 1.94. The zero-order valence-electron chi connectivity index (χ0n) is 20.1. The Morgan fingerprint density at radius 1 is 1.08 bits per heavy atom. The molecule has 5 rings (SSSR count). The highest BCUT2D eigenvalue weighted by molar-refractivity contribution is 6.31. The predicted octanol–water partition coefficient (Wildman–Crippen LogP) is 6.53. The molecule has 5 aromatic rings. The Morgan fingerprint density at radius 3 is 2.72 bits per heavy atom. The minimum atomic E-state index is -0.310. The third-order valence-corrected chi connectivity index (χ3v) is 5.64. The lowest BCUT2D eigenvalue weighted by Gasteiger charge is -2.14. The molecule has 0 aliphatic rings. The van der Waals surface area contributed by atoms with Crippen LogP contribution in [0.5, 0.6) is 11.5 Å². The molecule has 2 aromatic heterocycles. The maximum Gasteiger partial charge on any atom is 0.282 e. The van der Waals surface area contributed by atoms with Crippen molar-refractivity contribution in [1.29, 1.82) is 0 Å². The van der Waals surface area contributed by atoms with Crippen LogP contribution in [0.2, 0.25) is 5.02 Å². The summed E-state index contributed by atoms with van der Waals surface area (Å²) in [4.78, 5) is 18.2. The standard InChI is InChI=1S/C28H24ClN3O4/c1-4-34-25-13-18(9-11-24(25)35-17(2)3)16-30-32-27(31-22-8-6-5-7-21(22)28(32)33)26-15-19-14-20(29)10-12-23(19)36-26/h5-17H,4H2,1-3H3. The average Bonchev–Trinajstić information content (AvgIpc) is 3.28. The number of nitrogens with zero attached hydrogens (tertiary/aromatic N) is 3. The number of aromatic nitrogens is 2. The molecule has 0 saturated heterocycles. The Morgan fingerprint density at radius 2 is 1.92 bits per heavy atom. The molecule has 0 atom stereocenters. The lowest BCUT2D eigenvalue weighted by molar-refractivity contribution is 0.224. The van der Waals surface area contributed by atoms with E-state index < -0.39 is 0 Å². The number of halogens is 1. The quantitative estimate of drug-likeness (QED) is 0.237. The van der Waals surface area contributed by atoms with Gasteiger partial charge in [-0.05, 0) is 80.9 Å². The van der Waals surface area contributed by atoms with Crippen molar-refractivity contribution in [3.05, 3.63) is 87.7 Å². The van der Waals surface area contributed by atoms with Crippen molar-refractivity contribution in [2.45, 2.75) is 26.9 Å². The Labute approximate surface area is 212 Å². The van der Waals surface area contributed by atoms with Gasteiger partial charge in [-0.25, -0.2) is 4.98 Å². The fourth-order valence-electron chi connectivity index (χ4n) is 3.86. The molecule has 2 heterocycles. The minimum Gasteiger partial charge on any atom is -0.490 e. The Bertz CT molecular complexity index is 1650. The first-order valence-corrected chi connectivity index (χ1v) is 12.0. The topological polar surface area (TPSA) is 78.9 Å². The molecule has 0 amide bonds. The second kappa shape index (κ2) is 9.87. The minimum absolute atomic E-state index is 0.00669. The number of ether oxygens (including phenoxy) is 2. The van der Waals surface area contributed by atoms with Crippen LogP contribution in [0.25, 0.3) is 33.5 Å². The van der Waals surface area contributed by atoms with E-state index in [9.17, 15) is 4.79 Å². The van der Waals surface area contributed by atoms with Gasteiger partial charge >= 0.3 is 0 Å². The summed E-state index contributed by atoms with van der Waals surface area (Å²) in [5.41, 5.74) is 1.61. The molecule has 0 saturated carbocycles. The number of fused-ring (bicyclic) bond motifs is 2. The van der Waals surface area contributed by atoms with Crippen LogP contribution in [-0.2, 0) is 0 Å². The first-order valence-electron chi connectivity index (χ1n) is 11.6. The lowest BCUT2D eigenvalue weighted by atomic mass is 10.2. The summed E-state index contributed by atoms with van der Waals surface area (Å²) in [7, 11) is 0. The molecule has 0 spiro atoms. The van der Waals surface area contributed by atoms with Gasteiger partial charge in [0.2, 0.25) is 5.82 Å². The van der Waals surface area contributed by atoms with E-state index in [2.05, 4.69) is 5.10 Å². The van der Waals surface area contributed by atoms with E-state index in [-0.39, 0.29) is 17.5 Å². The molecule has 0 bridgehead atoms. The van der Waals surface area contributed by atoms with Crippen LogP contribution in [0.3, 0.4) is 0 Å². The normalized spacial score (nSPS) is 11.7. The summed E-state index contributed by atoms with van der Waals surface area (Å²) < 4.78 is 18.9. The molecule has 0 fully saturated rings. The highest BCUT2D eigenvalue weighted by Crippen LogP contribution is 2.30. The molecule has 7 nitrogen and oxygen atoms in total. The van der Waals surface area contributed by atoms with Gasteiger partial charge in [-0.1, -0.05) is 23.7 Å². The van der Waals surface area contributed by atoms with Crippen LogP contribution in [0.1, 0.15) is 26.3 Å². The van der Waals surface area contributed by atoms with E-state index in [0.717, 1.165) is 10.9 Å². The molecule has 0 N–H and O–H groups in total. The molecule has 8 heteroatoms. The van der Waals surface area contributed by atoms with E-state index >= 15 is 0 Å². The molecule has 0 aliphatic carbocycles. The molecule has 36 heavy (non-hydrogen) atoms. The zero-order chi connectivity index (χ0) is 25.2. The molecule has 3 aromatic carbocycles. The highest BCUT2D eigenvalue weighted by Gasteiger charge is 2.17. The Hall–Kier alpha value is -4.10. The van der Waals surface area contributed by atoms with Crippen LogP contribution in [0.15, 0.2) is 81.0 Å². The van der Waals surface area contributed by atoms with Crippen LogP contribution in [0, 0.1) is 0 Å². The van der Waals surface area contributed by atoms with E-state index in [1.54, 1.807) is 48.7 Å². The van der Waals surface area contributed by atoms with Crippen molar-refractivity contribution < 1.29 is 13.9 Å². The van der Waals surface area contributed by atoms with E-state index in [1.165, 1.54) is 4.68 Å². The molecule has 0 unspecified atom stereocenters. The zero-order valence-corrected chi connectivity index (χ0v) is 20.8. The molecular formula is C28H24ClN3O4. The molecular weight excluding hydrogens is 478 g/mol. The summed E-state index contributed by atoms with van der Waals surface area (Å²) in [6.45, 7) is 6.31. The Kier molecular flexibility index (Phi) is 6.48. The summed E-state index contributed by atoms with van der Waals surface area (Å²) in [5, 5.41) is 6.36. The van der Waals surface area contributed by atoms with Gasteiger partial charge in [0.1, 0.15) is 5.58 Å². The van der Waals surface area contributed by atoms with Crippen LogP contribution < -0.4 is 15.0 Å². The summed E-state index contributed by atoms with van der Waals surface area (Å²) in [6.07, 6.45) is 1.59. The third-order valence-electron chi connectivity index (χ3n) is 5.41. The maximum atomic E-state index is 13.5. The van der Waals surface area contributed by atoms with Gasteiger partial charge in [-0.3, -0.25) is 4.79 Å². The van der Waals surface area contributed by atoms with Crippen LogP contribution in [-0.4, -0.2) is 28.6 Å². The second-order valence-corrected chi connectivity index (χ2v) is 8.85. The summed E-state index contributed by atoms with van der Waals surface area (Å²) >= 11 is 6.14. The van der Waals surface area contributed by atoms with Gasteiger partial charge in [0.05, 0.1) is 29.8 Å². The average molecular weight is 502 g/mol. The highest BCUT2D eigenvalue weighted by atomic mass is 35.5. The Balaban J connectivity index is 1.63. The van der Waals surface area contributed by atoms with E-state index in [0.29, 0.717) is 45.4 Å². The number of benzene rings is 3. The number of para-hydroxylation sites is 1. The van der Waals surface area contributed by atoms with Crippen molar-refractivity contribution in [1.82, 2.24) is 9.66 Å². The fourth-order valence-corrected chi connectivity index (χ4v) is 4.04. The van der Waals surface area contributed by atoms with Crippen molar-refractivity contribution in [2.24, 2.45) is 5.10 Å². The van der Waals surface area contributed by atoms with Crippen molar-refractivity contribution in [3.8, 4) is 23.1 Å². The first kappa shape index (κ1) is 23.6. The number of furan rings is 1. The number of hydrogen-bond donors (Lipinski definition) is 0. The third kappa shape index (κ3) is 4.70. The smallest absolute Gasteiger partial charge is 0.282 e. The summed E-state index contributed by atoms with van der Waals surface area (Å²) in [6, 6.07) is 19.8. The SMILES string of the molecule is CCOc1cc(C=Nn2c(-c3cc4cc(Cl)ccc4o3)nc3ccccc3c2=O)ccc1OC(C)C. The van der Waals surface area contributed by atoms with Crippen molar-refractivity contribution in [2.75, 3.05) is 6.61 Å². The second-order valence-electron chi connectivity index (χ2n) is 8.41. The van der Waals surface area contributed by atoms with Crippen LogP contribution >= 0.6 is 11.6 Å². The van der Waals surface area contributed by atoms with Crippen molar-refractivity contribution >= 4 is 39.7 Å². The van der Waals surface area contributed by atoms with E-state index in [4.69, 9.17) is 30.5 Å². The van der Waals surface area contributed by atoms with Gasteiger partial charge in [-0.15, -0.1) is 0 Å². The van der Waals surface area contributed by atoms with Gasteiger partial charge < -0.3 is 13.9 Å². The van der Waals surface area contributed by atoms with Gasteiger partial charge in [0, 0.05) is 10.4 Å². The molecule has 0 aliphatic heterocycles. The van der Waals surface area contributed by atoms with Gasteiger partial charge in [-0.2, -0.15) is 9.78 Å². The number of hydrogen-bond acceptors (Lipinski definition) is 6. The van der Waals surface area contributed by atoms with Crippen molar-refractivity contribution in [3.63, 3.8) is 0 Å². The van der Waals surface area contributed by atoms with E-state index in [1.807, 2.05) is 45.0 Å². The number of rotatable bonds is 7. The largest absolute Gasteiger partial charge is 0.490 e. The predicted molar refractivity (Wildman–Crippen MR) is 143 cm³/mol. The van der Waals surface area contributed by atoms with Gasteiger partial charge in [0.25, 0.3) is 5.56 Å². The maximum absolute atomic E-state index is 13.5. The molecule has 182 valence electrons. The first-order chi connectivity index (χ1) is 17.4. The fraction of sp³-hybridized carbons (Fsp3) is 0.179. The van der Waals surface area contributed by atoms with Gasteiger partial charge in [0.15, 0.2) is 17.3 Å². The monoisotopic (exact) mass is 501 g/mol. The lowest BCUT2D eigenvalue weighted by Crippen LogP contribution is -2.20. The van der Waals surface area contributed by atoms with Crippen LogP contribution in [0.4, 0.5) is 0 Å². The molecule has 0 radical (unpaired) electrons.